The van der Waals surface area contributed by atoms with Crippen LogP contribution in [-0.2, 0) is 0 Å². The Morgan fingerprint density at radius 1 is 1.33 bits per heavy atom. The van der Waals surface area contributed by atoms with Crippen LogP contribution < -0.4 is 10.1 Å². The molecule has 0 saturated heterocycles. The summed E-state index contributed by atoms with van der Waals surface area (Å²) in [5.41, 5.74) is 0.628. The van der Waals surface area contributed by atoms with Crippen molar-refractivity contribution in [1.82, 2.24) is 5.32 Å². The summed E-state index contributed by atoms with van der Waals surface area (Å²) in [7, 11) is 1.93. The van der Waals surface area contributed by atoms with Crippen LogP contribution in [0.25, 0.3) is 0 Å². The number of hydrogen-bond acceptors (Lipinski definition) is 2. The second kappa shape index (κ2) is 6.40. The topological polar surface area (TPSA) is 21.3 Å². The molecule has 0 aliphatic heterocycles. The second-order valence-electron chi connectivity index (χ2n) is 3.57. The van der Waals surface area contributed by atoms with Gasteiger partial charge >= 0.3 is 0 Å². The zero-order chi connectivity index (χ0) is 11.1. The van der Waals surface area contributed by atoms with Gasteiger partial charge in [-0.3, -0.25) is 0 Å². The van der Waals surface area contributed by atoms with E-state index in [0.717, 1.165) is 25.1 Å². The van der Waals surface area contributed by atoms with Crippen LogP contribution in [0.1, 0.15) is 18.4 Å². The lowest BCUT2D eigenvalue weighted by atomic mass is 10.2. The molecule has 2 nitrogen and oxygen atoms in total. The van der Waals surface area contributed by atoms with Crippen molar-refractivity contribution >= 4 is 0 Å². The standard InChI is InChI=1S/C12H18FNO/c1-10-9-11(5-6-12(10)13)15-8-4-3-7-14-2/h5-6,9,14H,3-4,7-8H2,1-2H3. The maximum absolute atomic E-state index is 12.9. The Labute approximate surface area is 90.4 Å². The average molecular weight is 211 g/mol. The van der Waals surface area contributed by atoms with Crippen LogP contribution in [-0.4, -0.2) is 20.2 Å². The minimum absolute atomic E-state index is 0.183. The van der Waals surface area contributed by atoms with Crippen molar-refractivity contribution in [3.63, 3.8) is 0 Å². The monoisotopic (exact) mass is 211 g/mol. The molecule has 0 bridgehead atoms. The first-order valence-electron chi connectivity index (χ1n) is 5.27. The number of benzene rings is 1. The predicted octanol–water partition coefficient (Wildman–Crippen LogP) is 2.51. The Kier molecular flexibility index (Phi) is 5.12. The first-order chi connectivity index (χ1) is 7.24. The van der Waals surface area contributed by atoms with Crippen molar-refractivity contribution in [2.45, 2.75) is 19.8 Å². The van der Waals surface area contributed by atoms with Crippen LogP contribution in [0.15, 0.2) is 18.2 Å². The minimum atomic E-state index is -0.183. The van der Waals surface area contributed by atoms with Crippen molar-refractivity contribution in [2.75, 3.05) is 20.2 Å². The number of unbranched alkanes of at least 4 members (excludes halogenated alkanes) is 1. The summed E-state index contributed by atoms with van der Waals surface area (Å²) in [6.07, 6.45) is 2.11. The van der Waals surface area contributed by atoms with E-state index in [1.54, 1.807) is 19.1 Å². The van der Waals surface area contributed by atoms with E-state index in [2.05, 4.69) is 5.32 Å². The second-order valence-corrected chi connectivity index (χ2v) is 3.57. The fourth-order valence-corrected chi connectivity index (χ4v) is 1.30. The van der Waals surface area contributed by atoms with E-state index in [1.807, 2.05) is 7.05 Å². The van der Waals surface area contributed by atoms with Crippen LogP contribution in [0.5, 0.6) is 5.75 Å². The summed E-state index contributed by atoms with van der Waals surface area (Å²) in [4.78, 5) is 0. The average Bonchev–Trinajstić information content (AvgIpc) is 2.23. The highest BCUT2D eigenvalue weighted by molar-refractivity contribution is 5.28. The van der Waals surface area contributed by atoms with E-state index in [0.29, 0.717) is 12.2 Å². The fourth-order valence-electron chi connectivity index (χ4n) is 1.30. The third-order valence-electron chi connectivity index (χ3n) is 2.22. The molecule has 0 aromatic heterocycles. The SMILES string of the molecule is CNCCCCOc1ccc(F)c(C)c1. The molecule has 1 aromatic carbocycles. The first kappa shape index (κ1) is 12.0. The van der Waals surface area contributed by atoms with Gasteiger partial charge in [0.25, 0.3) is 0 Å². The van der Waals surface area contributed by atoms with Crippen molar-refractivity contribution in [3.8, 4) is 5.75 Å². The molecule has 0 fully saturated rings. The van der Waals surface area contributed by atoms with E-state index >= 15 is 0 Å². The quantitative estimate of drug-likeness (QED) is 0.730. The molecule has 15 heavy (non-hydrogen) atoms. The molecule has 0 aliphatic rings. The zero-order valence-corrected chi connectivity index (χ0v) is 9.35. The number of rotatable bonds is 6. The first-order valence-corrected chi connectivity index (χ1v) is 5.27. The molecule has 1 rings (SSSR count). The molecule has 0 unspecified atom stereocenters. The zero-order valence-electron chi connectivity index (χ0n) is 9.35. The summed E-state index contributed by atoms with van der Waals surface area (Å²) >= 11 is 0. The highest BCUT2D eigenvalue weighted by atomic mass is 19.1. The molecule has 0 heterocycles. The summed E-state index contributed by atoms with van der Waals surface area (Å²) in [6, 6.07) is 4.84. The fraction of sp³-hybridized carbons (Fsp3) is 0.500. The van der Waals surface area contributed by atoms with Gasteiger partial charge in [0.2, 0.25) is 0 Å². The molecule has 84 valence electrons. The van der Waals surface area contributed by atoms with Crippen LogP contribution in [0, 0.1) is 12.7 Å². The van der Waals surface area contributed by atoms with Gasteiger partial charge < -0.3 is 10.1 Å². The maximum Gasteiger partial charge on any atom is 0.126 e. The van der Waals surface area contributed by atoms with E-state index in [4.69, 9.17) is 4.74 Å². The van der Waals surface area contributed by atoms with Crippen LogP contribution in [0.2, 0.25) is 0 Å². The smallest absolute Gasteiger partial charge is 0.126 e. The summed E-state index contributed by atoms with van der Waals surface area (Å²) in [5, 5.41) is 3.08. The highest BCUT2D eigenvalue weighted by Gasteiger charge is 1.99. The lowest BCUT2D eigenvalue weighted by Gasteiger charge is -2.07. The van der Waals surface area contributed by atoms with Gasteiger partial charge in [0.1, 0.15) is 11.6 Å². The maximum atomic E-state index is 12.9. The van der Waals surface area contributed by atoms with Gasteiger partial charge in [0, 0.05) is 0 Å². The third-order valence-corrected chi connectivity index (χ3v) is 2.22. The highest BCUT2D eigenvalue weighted by Crippen LogP contribution is 2.16. The van der Waals surface area contributed by atoms with Crippen molar-refractivity contribution in [3.05, 3.63) is 29.6 Å². The molecule has 0 saturated carbocycles. The Bertz CT molecular complexity index is 302. The van der Waals surface area contributed by atoms with Gasteiger partial charge in [-0.15, -0.1) is 0 Å². The normalized spacial score (nSPS) is 10.3. The molecule has 0 spiro atoms. The molecular formula is C12H18FNO. The van der Waals surface area contributed by atoms with Crippen LogP contribution in [0.4, 0.5) is 4.39 Å². The van der Waals surface area contributed by atoms with Gasteiger partial charge in [0.15, 0.2) is 0 Å². The third kappa shape index (κ3) is 4.30. The number of nitrogens with one attached hydrogen (secondary N) is 1. The predicted molar refractivity (Wildman–Crippen MR) is 59.8 cm³/mol. The molecule has 0 radical (unpaired) electrons. The van der Waals surface area contributed by atoms with Gasteiger partial charge in [-0.05, 0) is 57.1 Å². The lowest BCUT2D eigenvalue weighted by molar-refractivity contribution is 0.306. The number of ether oxygens (including phenoxy) is 1. The minimum Gasteiger partial charge on any atom is -0.494 e. The van der Waals surface area contributed by atoms with Gasteiger partial charge in [0.05, 0.1) is 6.61 Å². The lowest BCUT2D eigenvalue weighted by Crippen LogP contribution is -2.09. The molecule has 3 heteroatoms. The molecule has 0 atom stereocenters. The Morgan fingerprint density at radius 2 is 2.13 bits per heavy atom. The van der Waals surface area contributed by atoms with E-state index in [-0.39, 0.29) is 5.82 Å². The van der Waals surface area contributed by atoms with E-state index < -0.39 is 0 Å². The van der Waals surface area contributed by atoms with Crippen LogP contribution >= 0.6 is 0 Å². The summed E-state index contributed by atoms with van der Waals surface area (Å²) in [6.45, 7) is 3.43. The molecule has 0 aliphatic carbocycles. The van der Waals surface area contributed by atoms with Gasteiger partial charge in [-0.2, -0.15) is 0 Å². The van der Waals surface area contributed by atoms with Gasteiger partial charge in [-0.1, -0.05) is 0 Å². The van der Waals surface area contributed by atoms with Crippen molar-refractivity contribution in [1.29, 1.82) is 0 Å². The molecule has 1 N–H and O–H groups in total. The van der Waals surface area contributed by atoms with Crippen molar-refractivity contribution < 1.29 is 9.13 Å². The number of hydrogen-bond donors (Lipinski definition) is 1. The molecular weight excluding hydrogens is 193 g/mol. The number of aryl methyl sites for hydroxylation is 1. The molecule has 1 aromatic rings. The summed E-state index contributed by atoms with van der Waals surface area (Å²) < 4.78 is 18.4. The van der Waals surface area contributed by atoms with Crippen LogP contribution in [0.3, 0.4) is 0 Å². The largest absolute Gasteiger partial charge is 0.494 e. The Balaban J connectivity index is 2.28. The molecule has 0 amide bonds. The van der Waals surface area contributed by atoms with Crippen molar-refractivity contribution in [2.24, 2.45) is 0 Å². The summed E-state index contributed by atoms with van der Waals surface area (Å²) in [5.74, 6) is 0.566. The van der Waals surface area contributed by atoms with E-state index in [9.17, 15) is 4.39 Å². The Morgan fingerprint density at radius 3 is 2.80 bits per heavy atom. The number of halogens is 1. The Hall–Kier alpha value is -1.09. The van der Waals surface area contributed by atoms with E-state index in [1.165, 1.54) is 6.07 Å². The van der Waals surface area contributed by atoms with Gasteiger partial charge in [-0.25, -0.2) is 4.39 Å².